The van der Waals surface area contributed by atoms with E-state index < -0.39 is 0 Å². The molecular formula is C11H18BrN5O. The molecule has 0 bridgehead atoms. The Morgan fingerprint density at radius 1 is 1.44 bits per heavy atom. The molecule has 0 aliphatic carbocycles. The molecule has 0 aliphatic rings. The highest BCUT2D eigenvalue weighted by molar-refractivity contribution is 9.10. The molecule has 0 saturated heterocycles. The van der Waals surface area contributed by atoms with Gasteiger partial charge in [0.15, 0.2) is 0 Å². The van der Waals surface area contributed by atoms with Crippen LogP contribution in [0, 0.1) is 0 Å². The fourth-order valence-corrected chi connectivity index (χ4v) is 1.78. The maximum atomic E-state index is 11.7. The van der Waals surface area contributed by atoms with Crippen LogP contribution in [0.5, 0.6) is 0 Å². The van der Waals surface area contributed by atoms with Gasteiger partial charge in [-0.2, -0.15) is 4.98 Å². The molecule has 1 rings (SSSR count). The quantitative estimate of drug-likeness (QED) is 0.884. The van der Waals surface area contributed by atoms with Crippen molar-refractivity contribution in [1.82, 2.24) is 14.9 Å². The Labute approximate surface area is 116 Å². The molecular weight excluding hydrogens is 298 g/mol. The lowest BCUT2D eigenvalue weighted by molar-refractivity contribution is -0.127. The summed E-state index contributed by atoms with van der Waals surface area (Å²) in [5.41, 5.74) is 0. The van der Waals surface area contributed by atoms with Gasteiger partial charge in [0.05, 0.1) is 11.0 Å². The minimum Gasteiger partial charge on any atom is -0.354 e. The summed E-state index contributed by atoms with van der Waals surface area (Å²) in [4.78, 5) is 23.5. The number of carbonyl (C=O) groups excluding carboxylic acids is 1. The summed E-state index contributed by atoms with van der Waals surface area (Å²) in [7, 11) is 5.29. The van der Waals surface area contributed by atoms with Crippen molar-refractivity contribution in [2.75, 3.05) is 44.4 Å². The van der Waals surface area contributed by atoms with Gasteiger partial charge in [-0.25, -0.2) is 4.98 Å². The number of nitrogens with one attached hydrogen (secondary N) is 1. The van der Waals surface area contributed by atoms with E-state index in [1.54, 1.807) is 30.1 Å². The number of halogens is 1. The van der Waals surface area contributed by atoms with E-state index in [1.165, 1.54) is 0 Å². The van der Waals surface area contributed by atoms with Gasteiger partial charge in [0, 0.05) is 33.9 Å². The van der Waals surface area contributed by atoms with Gasteiger partial charge in [-0.15, -0.1) is 0 Å². The van der Waals surface area contributed by atoms with Crippen LogP contribution in [-0.4, -0.2) is 55.0 Å². The molecule has 1 aromatic heterocycles. The van der Waals surface area contributed by atoms with Gasteiger partial charge in [0.25, 0.3) is 0 Å². The average Bonchev–Trinajstić information content (AvgIpc) is 2.31. The topological polar surface area (TPSA) is 61.4 Å². The van der Waals surface area contributed by atoms with E-state index in [1.807, 2.05) is 14.0 Å². The van der Waals surface area contributed by atoms with Crippen LogP contribution in [0.15, 0.2) is 10.7 Å². The first-order chi connectivity index (χ1) is 8.45. The summed E-state index contributed by atoms with van der Waals surface area (Å²) in [6.07, 6.45) is 1.68. The molecule has 6 nitrogen and oxygen atoms in total. The van der Waals surface area contributed by atoms with Crippen LogP contribution in [0.2, 0.25) is 0 Å². The molecule has 1 amide bonds. The maximum Gasteiger partial charge on any atom is 0.241 e. The Morgan fingerprint density at radius 3 is 2.67 bits per heavy atom. The zero-order chi connectivity index (χ0) is 13.7. The standard InChI is InChI=1S/C11H18BrN5O/c1-5-13-11-14-6-8(12)10(15-11)17(4)7-9(18)16(2)3/h6H,5,7H2,1-4H3,(H,13,14,15). The summed E-state index contributed by atoms with van der Waals surface area (Å²) in [5, 5.41) is 3.04. The van der Waals surface area contributed by atoms with E-state index in [4.69, 9.17) is 0 Å². The Hall–Kier alpha value is -1.37. The average molecular weight is 316 g/mol. The number of aromatic nitrogens is 2. The molecule has 100 valence electrons. The first-order valence-electron chi connectivity index (χ1n) is 5.63. The minimum absolute atomic E-state index is 0.0213. The predicted octanol–water partition coefficient (Wildman–Crippen LogP) is 1.20. The van der Waals surface area contributed by atoms with E-state index in [0.29, 0.717) is 11.8 Å². The lowest BCUT2D eigenvalue weighted by Crippen LogP contribution is -2.35. The molecule has 18 heavy (non-hydrogen) atoms. The molecule has 1 aromatic rings. The molecule has 0 spiro atoms. The third kappa shape index (κ3) is 3.83. The minimum atomic E-state index is 0.0213. The van der Waals surface area contributed by atoms with Crippen molar-refractivity contribution < 1.29 is 4.79 Å². The number of nitrogens with zero attached hydrogens (tertiary/aromatic N) is 4. The maximum absolute atomic E-state index is 11.7. The summed E-state index contributed by atoms with van der Waals surface area (Å²) in [6.45, 7) is 3.00. The molecule has 0 radical (unpaired) electrons. The van der Waals surface area contributed by atoms with Crippen molar-refractivity contribution in [3.63, 3.8) is 0 Å². The second-order valence-corrected chi connectivity index (χ2v) is 4.89. The Balaban J connectivity index is 2.86. The number of likely N-dealkylation sites (N-methyl/N-ethyl adjacent to an activating group) is 2. The molecule has 0 unspecified atom stereocenters. The zero-order valence-electron chi connectivity index (χ0n) is 11.1. The molecule has 0 fully saturated rings. The third-order valence-corrected chi connectivity index (χ3v) is 2.85. The van der Waals surface area contributed by atoms with Gasteiger partial charge in [-0.1, -0.05) is 0 Å². The highest BCUT2D eigenvalue weighted by Crippen LogP contribution is 2.23. The normalized spacial score (nSPS) is 10.1. The van der Waals surface area contributed by atoms with Crippen LogP contribution < -0.4 is 10.2 Å². The van der Waals surface area contributed by atoms with E-state index in [9.17, 15) is 4.79 Å². The summed E-state index contributed by atoms with van der Waals surface area (Å²) in [6, 6.07) is 0. The van der Waals surface area contributed by atoms with E-state index in [0.717, 1.165) is 11.0 Å². The number of hydrogen-bond acceptors (Lipinski definition) is 5. The first-order valence-corrected chi connectivity index (χ1v) is 6.42. The van der Waals surface area contributed by atoms with Crippen molar-refractivity contribution >= 4 is 33.6 Å². The second-order valence-electron chi connectivity index (χ2n) is 4.04. The predicted molar refractivity (Wildman–Crippen MR) is 75.9 cm³/mol. The fourth-order valence-electron chi connectivity index (χ4n) is 1.29. The van der Waals surface area contributed by atoms with E-state index >= 15 is 0 Å². The molecule has 0 aromatic carbocycles. The lowest BCUT2D eigenvalue weighted by Gasteiger charge is -2.21. The van der Waals surface area contributed by atoms with Crippen LogP contribution in [0.3, 0.4) is 0 Å². The van der Waals surface area contributed by atoms with Crippen LogP contribution in [0.4, 0.5) is 11.8 Å². The zero-order valence-corrected chi connectivity index (χ0v) is 12.7. The van der Waals surface area contributed by atoms with Crippen molar-refractivity contribution in [2.45, 2.75) is 6.92 Å². The number of amides is 1. The van der Waals surface area contributed by atoms with Crippen LogP contribution in [0.1, 0.15) is 6.92 Å². The van der Waals surface area contributed by atoms with E-state index in [-0.39, 0.29) is 12.5 Å². The lowest BCUT2D eigenvalue weighted by atomic mass is 10.4. The highest BCUT2D eigenvalue weighted by Gasteiger charge is 2.14. The van der Waals surface area contributed by atoms with Crippen molar-refractivity contribution in [3.05, 3.63) is 10.7 Å². The van der Waals surface area contributed by atoms with Crippen molar-refractivity contribution in [2.24, 2.45) is 0 Å². The number of rotatable bonds is 5. The first kappa shape index (κ1) is 14.7. The smallest absolute Gasteiger partial charge is 0.241 e. The Bertz CT molecular complexity index is 424. The van der Waals surface area contributed by atoms with Crippen molar-refractivity contribution in [1.29, 1.82) is 0 Å². The Morgan fingerprint density at radius 2 is 2.11 bits per heavy atom. The van der Waals surface area contributed by atoms with Crippen LogP contribution >= 0.6 is 15.9 Å². The molecule has 0 aliphatic heterocycles. The molecule has 7 heteroatoms. The summed E-state index contributed by atoms with van der Waals surface area (Å²) in [5.74, 6) is 1.27. The monoisotopic (exact) mass is 315 g/mol. The second kappa shape index (κ2) is 6.53. The van der Waals surface area contributed by atoms with Gasteiger partial charge in [0.2, 0.25) is 11.9 Å². The van der Waals surface area contributed by atoms with Gasteiger partial charge in [-0.05, 0) is 22.9 Å². The van der Waals surface area contributed by atoms with Gasteiger partial charge in [-0.3, -0.25) is 4.79 Å². The number of anilines is 2. The highest BCUT2D eigenvalue weighted by atomic mass is 79.9. The molecule has 0 atom stereocenters. The third-order valence-electron chi connectivity index (χ3n) is 2.29. The summed E-state index contributed by atoms with van der Waals surface area (Å²) < 4.78 is 0.762. The van der Waals surface area contributed by atoms with Crippen molar-refractivity contribution in [3.8, 4) is 0 Å². The van der Waals surface area contributed by atoms with Gasteiger partial charge in [0.1, 0.15) is 5.82 Å². The van der Waals surface area contributed by atoms with Crippen LogP contribution in [-0.2, 0) is 4.79 Å². The largest absolute Gasteiger partial charge is 0.354 e. The Kier molecular flexibility index (Phi) is 5.33. The number of hydrogen-bond donors (Lipinski definition) is 1. The van der Waals surface area contributed by atoms with Gasteiger partial charge < -0.3 is 15.1 Å². The molecule has 1 N–H and O–H groups in total. The fraction of sp³-hybridized carbons (Fsp3) is 0.545. The van der Waals surface area contributed by atoms with E-state index in [2.05, 4.69) is 31.2 Å². The SMILES string of the molecule is CCNc1ncc(Br)c(N(C)CC(=O)N(C)C)n1. The van der Waals surface area contributed by atoms with Gasteiger partial charge >= 0.3 is 0 Å². The molecule has 0 saturated carbocycles. The summed E-state index contributed by atoms with van der Waals surface area (Å²) >= 11 is 3.39. The number of carbonyl (C=O) groups is 1. The van der Waals surface area contributed by atoms with Crippen LogP contribution in [0.25, 0.3) is 0 Å². The molecule has 1 heterocycles.